The van der Waals surface area contributed by atoms with E-state index in [1.54, 1.807) is 7.11 Å². The van der Waals surface area contributed by atoms with Gasteiger partial charge in [0, 0.05) is 12.7 Å². The van der Waals surface area contributed by atoms with Crippen LogP contribution in [0.25, 0.3) is 5.65 Å². The summed E-state index contributed by atoms with van der Waals surface area (Å²) in [5, 5.41) is 11.7. The third kappa shape index (κ3) is 2.62. The monoisotopic (exact) mass is 268 g/mol. The fourth-order valence-electron chi connectivity index (χ4n) is 2.11. The lowest BCUT2D eigenvalue weighted by Gasteiger charge is -2.06. The van der Waals surface area contributed by atoms with Crippen molar-refractivity contribution in [3.8, 4) is 5.75 Å². The number of fused-ring (bicyclic) bond motifs is 1. The summed E-state index contributed by atoms with van der Waals surface area (Å²) in [6, 6.07) is 13.9. The lowest BCUT2D eigenvalue weighted by molar-refractivity contribution is 0.414. The van der Waals surface area contributed by atoms with E-state index < -0.39 is 0 Å². The van der Waals surface area contributed by atoms with Gasteiger partial charge in [-0.3, -0.25) is 4.40 Å². The highest BCUT2D eigenvalue weighted by molar-refractivity contribution is 5.37. The molecule has 0 aliphatic rings. The van der Waals surface area contributed by atoms with Crippen molar-refractivity contribution in [3.05, 3.63) is 60.0 Å². The number of hydrogen-bond acceptors (Lipinski definition) is 4. The molecule has 1 aromatic carbocycles. The first kappa shape index (κ1) is 12.6. The molecule has 0 amide bonds. The Bertz CT molecular complexity index is 708. The molecule has 20 heavy (non-hydrogen) atoms. The van der Waals surface area contributed by atoms with E-state index in [9.17, 15) is 0 Å². The molecule has 0 aliphatic heterocycles. The van der Waals surface area contributed by atoms with Crippen molar-refractivity contribution >= 4 is 5.65 Å². The largest absolute Gasteiger partial charge is 0.497 e. The molecular formula is C15H16N4O. The molecule has 0 atom stereocenters. The summed E-state index contributed by atoms with van der Waals surface area (Å²) in [5.41, 5.74) is 2.05. The van der Waals surface area contributed by atoms with Crippen LogP contribution in [0.15, 0.2) is 48.7 Å². The van der Waals surface area contributed by atoms with Crippen LogP contribution in [-0.2, 0) is 13.1 Å². The Hall–Kier alpha value is -2.40. The van der Waals surface area contributed by atoms with Crippen LogP contribution in [0.2, 0.25) is 0 Å². The normalized spacial score (nSPS) is 10.8. The molecular weight excluding hydrogens is 252 g/mol. The van der Waals surface area contributed by atoms with Gasteiger partial charge in [0.1, 0.15) is 5.75 Å². The minimum absolute atomic E-state index is 0.669. The Balaban J connectivity index is 1.65. The number of hydrogen-bond donors (Lipinski definition) is 1. The molecule has 0 fully saturated rings. The van der Waals surface area contributed by atoms with Gasteiger partial charge in [-0.2, -0.15) is 0 Å². The molecule has 0 saturated heterocycles. The number of methoxy groups -OCH3 is 1. The number of ether oxygens (including phenoxy) is 1. The predicted molar refractivity (Wildman–Crippen MR) is 76.5 cm³/mol. The summed E-state index contributed by atoms with van der Waals surface area (Å²) in [5.74, 6) is 1.78. The molecule has 5 heteroatoms. The Morgan fingerprint density at radius 1 is 1.10 bits per heavy atom. The second-order valence-electron chi connectivity index (χ2n) is 4.50. The van der Waals surface area contributed by atoms with Gasteiger partial charge in [-0.15, -0.1) is 10.2 Å². The van der Waals surface area contributed by atoms with Gasteiger partial charge in [0.05, 0.1) is 13.7 Å². The molecule has 1 N–H and O–H groups in total. The summed E-state index contributed by atoms with van der Waals surface area (Å²) in [7, 11) is 1.68. The molecule has 2 aromatic heterocycles. The van der Waals surface area contributed by atoms with Gasteiger partial charge < -0.3 is 10.1 Å². The molecule has 5 nitrogen and oxygen atoms in total. The lowest BCUT2D eigenvalue weighted by Crippen LogP contribution is -2.14. The van der Waals surface area contributed by atoms with Gasteiger partial charge in [0.25, 0.3) is 0 Å². The van der Waals surface area contributed by atoms with Crippen molar-refractivity contribution in [2.75, 3.05) is 7.11 Å². The van der Waals surface area contributed by atoms with Gasteiger partial charge in [-0.25, -0.2) is 0 Å². The predicted octanol–water partition coefficient (Wildman–Crippen LogP) is 2.03. The van der Waals surface area contributed by atoms with Crippen LogP contribution in [0.4, 0.5) is 0 Å². The van der Waals surface area contributed by atoms with Crippen LogP contribution in [0.3, 0.4) is 0 Å². The molecule has 2 heterocycles. The summed E-state index contributed by atoms with van der Waals surface area (Å²) in [6.45, 7) is 1.43. The van der Waals surface area contributed by atoms with Crippen molar-refractivity contribution in [2.45, 2.75) is 13.1 Å². The quantitative estimate of drug-likeness (QED) is 0.769. The van der Waals surface area contributed by atoms with E-state index in [2.05, 4.69) is 21.6 Å². The Morgan fingerprint density at radius 2 is 2.05 bits per heavy atom. The van der Waals surface area contributed by atoms with E-state index in [1.165, 1.54) is 5.56 Å². The van der Waals surface area contributed by atoms with Crippen LogP contribution >= 0.6 is 0 Å². The van der Waals surface area contributed by atoms with E-state index in [0.29, 0.717) is 6.54 Å². The average Bonchev–Trinajstić information content (AvgIpc) is 2.91. The maximum atomic E-state index is 5.21. The maximum Gasteiger partial charge on any atom is 0.160 e. The number of pyridine rings is 1. The molecule has 0 radical (unpaired) electrons. The van der Waals surface area contributed by atoms with E-state index in [-0.39, 0.29) is 0 Å². The number of nitrogens with one attached hydrogen (secondary N) is 1. The third-order valence-electron chi connectivity index (χ3n) is 3.13. The van der Waals surface area contributed by atoms with Crippen LogP contribution < -0.4 is 10.1 Å². The number of aromatic nitrogens is 3. The summed E-state index contributed by atoms with van der Waals surface area (Å²) in [4.78, 5) is 0. The van der Waals surface area contributed by atoms with Crippen LogP contribution in [-0.4, -0.2) is 21.7 Å². The second-order valence-corrected chi connectivity index (χ2v) is 4.50. The first-order valence-corrected chi connectivity index (χ1v) is 6.49. The highest BCUT2D eigenvalue weighted by Crippen LogP contribution is 2.12. The highest BCUT2D eigenvalue weighted by Gasteiger charge is 2.03. The zero-order valence-electron chi connectivity index (χ0n) is 11.3. The molecule has 3 aromatic rings. The second kappa shape index (κ2) is 5.71. The van der Waals surface area contributed by atoms with Gasteiger partial charge in [-0.1, -0.05) is 18.2 Å². The topological polar surface area (TPSA) is 51.5 Å². The SMILES string of the molecule is COc1cccc(CNCc2nnc3ccccn23)c1. The van der Waals surface area contributed by atoms with E-state index >= 15 is 0 Å². The van der Waals surface area contributed by atoms with Gasteiger partial charge in [-0.05, 0) is 29.8 Å². The molecule has 102 valence electrons. The Labute approximate surface area is 117 Å². The van der Waals surface area contributed by atoms with E-state index in [1.807, 2.05) is 47.0 Å². The molecule has 0 unspecified atom stereocenters. The van der Waals surface area contributed by atoms with Crippen molar-refractivity contribution in [1.29, 1.82) is 0 Å². The van der Waals surface area contributed by atoms with E-state index in [0.717, 1.165) is 23.8 Å². The van der Waals surface area contributed by atoms with Crippen LogP contribution in [0.1, 0.15) is 11.4 Å². The van der Waals surface area contributed by atoms with Gasteiger partial charge in [0.2, 0.25) is 0 Å². The minimum Gasteiger partial charge on any atom is -0.497 e. The molecule has 0 bridgehead atoms. The standard InChI is InChI=1S/C15H16N4O/c1-20-13-6-4-5-12(9-13)10-16-11-15-18-17-14-7-2-3-8-19(14)15/h2-9,16H,10-11H2,1H3. The van der Waals surface area contributed by atoms with Crippen molar-refractivity contribution in [2.24, 2.45) is 0 Å². The lowest BCUT2D eigenvalue weighted by atomic mass is 10.2. The highest BCUT2D eigenvalue weighted by atomic mass is 16.5. The third-order valence-corrected chi connectivity index (χ3v) is 3.13. The summed E-state index contributed by atoms with van der Waals surface area (Å²) in [6.07, 6.45) is 1.97. The molecule has 0 aliphatic carbocycles. The molecule has 3 rings (SSSR count). The molecule has 0 spiro atoms. The Morgan fingerprint density at radius 3 is 2.95 bits per heavy atom. The van der Waals surface area contributed by atoms with Crippen molar-refractivity contribution < 1.29 is 4.74 Å². The van der Waals surface area contributed by atoms with Crippen molar-refractivity contribution in [3.63, 3.8) is 0 Å². The van der Waals surface area contributed by atoms with Crippen molar-refractivity contribution in [1.82, 2.24) is 19.9 Å². The zero-order chi connectivity index (χ0) is 13.8. The van der Waals surface area contributed by atoms with Gasteiger partial charge in [0.15, 0.2) is 11.5 Å². The first-order chi connectivity index (χ1) is 9.86. The smallest absolute Gasteiger partial charge is 0.160 e. The molecule has 0 saturated carbocycles. The number of rotatable bonds is 5. The Kier molecular flexibility index (Phi) is 3.60. The van der Waals surface area contributed by atoms with E-state index in [4.69, 9.17) is 4.74 Å². The summed E-state index contributed by atoms with van der Waals surface area (Å²) < 4.78 is 7.20. The zero-order valence-corrected chi connectivity index (χ0v) is 11.3. The average molecular weight is 268 g/mol. The van der Waals surface area contributed by atoms with Crippen LogP contribution in [0.5, 0.6) is 5.75 Å². The van der Waals surface area contributed by atoms with Crippen LogP contribution in [0, 0.1) is 0 Å². The number of benzene rings is 1. The fraction of sp³-hybridized carbons (Fsp3) is 0.200. The maximum absolute atomic E-state index is 5.21. The first-order valence-electron chi connectivity index (χ1n) is 6.49. The minimum atomic E-state index is 0.669. The summed E-state index contributed by atoms with van der Waals surface area (Å²) >= 11 is 0. The fourth-order valence-corrected chi connectivity index (χ4v) is 2.11. The van der Waals surface area contributed by atoms with Gasteiger partial charge >= 0.3 is 0 Å². The number of nitrogens with zero attached hydrogens (tertiary/aromatic N) is 3.